The summed E-state index contributed by atoms with van der Waals surface area (Å²) >= 11 is 0. The SMILES string of the molecule is N#CC1(c2ccc(-c3ccc(N)c(C(=O)N(N)CCOc4ncccn4)c3)cc2)CC1. The van der Waals surface area contributed by atoms with Crippen LogP contribution in [0.4, 0.5) is 5.69 Å². The molecule has 0 unspecified atom stereocenters. The zero-order chi connectivity index (χ0) is 21.8. The molecule has 31 heavy (non-hydrogen) atoms. The highest BCUT2D eigenvalue weighted by Crippen LogP contribution is 2.47. The van der Waals surface area contributed by atoms with Crippen LogP contribution in [-0.2, 0) is 5.41 Å². The fraction of sp³-hybridized carbons (Fsp3) is 0.217. The van der Waals surface area contributed by atoms with E-state index in [-0.39, 0.29) is 24.6 Å². The number of hydrogen-bond acceptors (Lipinski definition) is 7. The van der Waals surface area contributed by atoms with Crippen molar-refractivity contribution in [1.82, 2.24) is 15.0 Å². The lowest BCUT2D eigenvalue weighted by Crippen LogP contribution is -2.40. The smallest absolute Gasteiger partial charge is 0.316 e. The number of anilines is 1. The van der Waals surface area contributed by atoms with E-state index >= 15 is 0 Å². The number of nitrogens with two attached hydrogens (primary N) is 2. The van der Waals surface area contributed by atoms with Crippen molar-refractivity contribution in [1.29, 1.82) is 5.26 Å². The fourth-order valence-electron chi connectivity index (χ4n) is 3.34. The first-order valence-corrected chi connectivity index (χ1v) is 9.90. The molecule has 8 nitrogen and oxygen atoms in total. The highest BCUT2D eigenvalue weighted by molar-refractivity contribution is 6.00. The van der Waals surface area contributed by atoms with Crippen LogP contribution in [-0.4, -0.2) is 34.0 Å². The van der Waals surface area contributed by atoms with E-state index in [1.54, 1.807) is 30.6 Å². The Balaban J connectivity index is 1.45. The predicted octanol–water partition coefficient (Wildman–Crippen LogP) is 2.68. The van der Waals surface area contributed by atoms with Crippen LogP contribution in [0.15, 0.2) is 60.9 Å². The largest absolute Gasteiger partial charge is 0.462 e. The van der Waals surface area contributed by atoms with Crippen molar-refractivity contribution in [3.05, 3.63) is 72.1 Å². The van der Waals surface area contributed by atoms with Gasteiger partial charge in [0.1, 0.15) is 6.61 Å². The Labute approximate surface area is 180 Å². The van der Waals surface area contributed by atoms with Gasteiger partial charge in [-0.2, -0.15) is 5.26 Å². The summed E-state index contributed by atoms with van der Waals surface area (Å²) in [6, 6.07) is 17.4. The van der Waals surface area contributed by atoms with Crippen LogP contribution in [0.2, 0.25) is 0 Å². The summed E-state index contributed by atoms with van der Waals surface area (Å²) in [7, 11) is 0. The molecule has 8 heteroatoms. The minimum atomic E-state index is -0.407. The number of ether oxygens (including phenoxy) is 1. The molecule has 1 fully saturated rings. The van der Waals surface area contributed by atoms with Crippen LogP contribution in [0.5, 0.6) is 6.01 Å². The van der Waals surface area contributed by atoms with Crippen LogP contribution >= 0.6 is 0 Å². The summed E-state index contributed by atoms with van der Waals surface area (Å²) in [6.45, 7) is 0.291. The Morgan fingerprint density at radius 2 is 1.81 bits per heavy atom. The Kier molecular flexibility index (Phi) is 5.52. The summed E-state index contributed by atoms with van der Waals surface area (Å²) in [5, 5.41) is 10.4. The van der Waals surface area contributed by atoms with Crippen molar-refractivity contribution < 1.29 is 9.53 Å². The van der Waals surface area contributed by atoms with Gasteiger partial charge in [-0.25, -0.2) is 15.8 Å². The summed E-state index contributed by atoms with van der Waals surface area (Å²) in [5.74, 6) is 5.53. The maximum Gasteiger partial charge on any atom is 0.316 e. The van der Waals surface area contributed by atoms with Gasteiger partial charge in [0.2, 0.25) is 0 Å². The fourth-order valence-corrected chi connectivity index (χ4v) is 3.34. The summed E-state index contributed by atoms with van der Waals surface area (Å²) < 4.78 is 5.39. The number of carbonyl (C=O) groups excluding carboxylic acids is 1. The van der Waals surface area contributed by atoms with Gasteiger partial charge in [0, 0.05) is 18.1 Å². The molecule has 1 amide bonds. The molecule has 1 aliphatic carbocycles. The van der Waals surface area contributed by atoms with Crippen LogP contribution in [0.25, 0.3) is 11.1 Å². The van der Waals surface area contributed by atoms with Gasteiger partial charge in [-0.05, 0) is 47.7 Å². The van der Waals surface area contributed by atoms with Crippen molar-refractivity contribution in [2.24, 2.45) is 5.84 Å². The Morgan fingerprint density at radius 3 is 2.45 bits per heavy atom. The third kappa shape index (κ3) is 4.32. The summed E-state index contributed by atoms with van der Waals surface area (Å²) in [6.07, 6.45) is 4.93. The molecule has 1 saturated carbocycles. The Bertz CT molecular complexity index is 1120. The number of carbonyl (C=O) groups is 1. The van der Waals surface area contributed by atoms with Gasteiger partial charge < -0.3 is 10.5 Å². The molecule has 0 atom stereocenters. The summed E-state index contributed by atoms with van der Waals surface area (Å²) in [4.78, 5) is 20.7. The second-order valence-electron chi connectivity index (χ2n) is 7.45. The number of hydrogen-bond donors (Lipinski definition) is 2. The van der Waals surface area contributed by atoms with Crippen LogP contribution in [0, 0.1) is 11.3 Å². The number of nitrogens with zero attached hydrogens (tertiary/aromatic N) is 4. The van der Waals surface area contributed by atoms with Crippen molar-refractivity contribution in [2.45, 2.75) is 18.3 Å². The van der Waals surface area contributed by atoms with Gasteiger partial charge >= 0.3 is 6.01 Å². The third-order valence-electron chi connectivity index (χ3n) is 5.38. The van der Waals surface area contributed by atoms with Crippen molar-refractivity contribution in [2.75, 3.05) is 18.9 Å². The van der Waals surface area contributed by atoms with Gasteiger partial charge in [-0.1, -0.05) is 30.3 Å². The first-order valence-electron chi connectivity index (χ1n) is 9.90. The Hall–Kier alpha value is -3.96. The van der Waals surface area contributed by atoms with E-state index in [1.807, 2.05) is 30.3 Å². The average Bonchev–Trinajstić information content (AvgIpc) is 3.61. The highest BCUT2D eigenvalue weighted by Gasteiger charge is 2.44. The number of rotatable bonds is 7. The predicted molar refractivity (Wildman–Crippen MR) is 116 cm³/mol. The van der Waals surface area contributed by atoms with Crippen LogP contribution in [0.1, 0.15) is 28.8 Å². The normalized spacial score (nSPS) is 13.8. The number of aromatic nitrogens is 2. The number of hydrazine groups is 1. The first kappa shape index (κ1) is 20.3. The first-order chi connectivity index (χ1) is 15.0. The highest BCUT2D eigenvalue weighted by atomic mass is 16.5. The standard InChI is InChI=1S/C23H22N6O2/c24-15-23(8-9-23)18-5-2-16(3-6-18)17-4-7-20(25)19(14-17)21(30)29(26)12-13-31-22-27-10-1-11-28-22/h1-7,10-11,14H,8-9,12-13,25-26H2. The zero-order valence-corrected chi connectivity index (χ0v) is 16.9. The minimum absolute atomic E-state index is 0.145. The molecule has 4 rings (SSSR count). The van der Waals surface area contributed by atoms with Crippen LogP contribution in [0.3, 0.4) is 0 Å². The second kappa shape index (κ2) is 8.42. The molecule has 1 heterocycles. The van der Waals surface area contributed by atoms with Crippen molar-refractivity contribution in [3.8, 4) is 23.2 Å². The molecule has 3 aromatic rings. The second-order valence-corrected chi connectivity index (χ2v) is 7.45. The van der Waals surface area contributed by atoms with E-state index in [4.69, 9.17) is 16.3 Å². The van der Waals surface area contributed by atoms with E-state index in [0.717, 1.165) is 34.5 Å². The van der Waals surface area contributed by atoms with Crippen molar-refractivity contribution >= 4 is 11.6 Å². The number of nitrogen functional groups attached to an aromatic ring is 1. The zero-order valence-electron chi connectivity index (χ0n) is 16.9. The van der Waals surface area contributed by atoms with Gasteiger partial charge in [0.15, 0.2) is 0 Å². The third-order valence-corrected chi connectivity index (χ3v) is 5.38. The lowest BCUT2D eigenvalue weighted by molar-refractivity contribution is 0.0728. The van der Waals surface area contributed by atoms with Gasteiger partial charge in [-0.15, -0.1) is 0 Å². The average molecular weight is 414 g/mol. The molecule has 4 N–H and O–H groups in total. The molecule has 2 aromatic carbocycles. The quantitative estimate of drug-likeness (QED) is 0.263. The molecule has 0 aliphatic heterocycles. The maximum absolute atomic E-state index is 12.8. The molecule has 1 aromatic heterocycles. The maximum atomic E-state index is 12.8. The lowest BCUT2D eigenvalue weighted by atomic mass is 9.94. The monoisotopic (exact) mass is 414 g/mol. The molecular weight excluding hydrogens is 392 g/mol. The molecule has 156 valence electrons. The summed E-state index contributed by atoms with van der Waals surface area (Å²) in [5.41, 5.74) is 9.17. The molecule has 1 aliphatic rings. The van der Waals surface area contributed by atoms with Gasteiger partial charge in [0.05, 0.1) is 23.6 Å². The van der Waals surface area contributed by atoms with Crippen LogP contribution < -0.4 is 16.3 Å². The topological polar surface area (TPSA) is 131 Å². The minimum Gasteiger partial charge on any atom is -0.462 e. The number of amides is 1. The molecule has 0 bridgehead atoms. The van der Waals surface area contributed by atoms with E-state index in [0.29, 0.717) is 11.3 Å². The number of nitriles is 1. The van der Waals surface area contributed by atoms with E-state index in [2.05, 4.69) is 16.0 Å². The number of benzene rings is 2. The van der Waals surface area contributed by atoms with E-state index < -0.39 is 5.91 Å². The Morgan fingerprint density at radius 1 is 1.13 bits per heavy atom. The van der Waals surface area contributed by atoms with E-state index in [1.165, 1.54) is 0 Å². The molecular formula is C23H22N6O2. The molecule has 0 spiro atoms. The molecule has 0 radical (unpaired) electrons. The lowest BCUT2D eigenvalue weighted by Gasteiger charge is -2.18. The van der Waals surface area contributed by atoms with E-state index in [9.17, 15) is 10.1 Å². The van der Waals surface area contributed by atoms with Gasteiger partial charge in [-0.3, -0.25) is 9.80 Å². The molecule has 0 saturated heterocycles. The van der Waals surface area contributed by atoms with Gasteiger partial charge in [0.25, 0.3) is 5.91 Å². The van der Waals surface area contributed by atoms with Crippen molar-refractivity contribution in [3.63, 3.8) is 0 Å².